The van der Waals surface area contributed by atoms with Crippen LogP contribution in [0.4, 0.5) is 0 Å². The monoisotopic (exact) mass is 359 g/mol. The van der Waals surface area contributed by atoms with E-state index in [1.807, 2.05) is 6.92 Å². The summed E-state index contributed by atoms with van der Waals surface area (Å²) in [7, 11) is -1.94. The molecule has 23 heavy (non-hydrogen) atoms. The van der Waals surface area contributed by atoms with E-state index in [9.17, 15) is 9.59 Å². The van der Waals surface area contributed by atoms with E-state index in [1.165, 1.54) is 11.8 Å². The second-order valence-corrected chi connectivity index (χ2v) is 13.9. The van der Waals surface area contributed by atoms with Crippen molar-refractivity contribution in [2.75, 3.05) is 6.61 Å². The molecule has 2 saturated heterocycles. The molecule has 1 amide bonds. The maximum Gasteiger partial charge on any atom is 0.229 e. The van der Waals surface area contributed by atoms with Gasteiger partial charge in [-0.3, -0.25) is 9.59 Å². The van der Waals surface area contributed by atoms with Gasteiger partial charge in [0.25, 0.3) is 0 Å². The van der Waals surface area contributed by atoms with Crippen molar-refractivity contribution < 1.29 is 18.8 Å². The van der Waals surface area contributed by atoms with Crippen LogP contribution in [0.3, 0.4) is 0 Å². The number of hydrogen-bond donors (Lipinski definition) is 1. The number of rotatable bonds is 5. The molecule has 0 spiro atoms. The average molecular weight is 360 g/mol. The minimum atomic E-state index is -1.94. The quantitative estimate of drug-likeness (QED) is 0.604. The predicted molar refractivity (Wildman–Crippen MR) is 94.7 cm³/mol. The summed E-state index contributed by atoms with van der Waals surface area (Å²) in [5.41, 5.74) is 0. The molecule has 2 heterocycles. The van der Waals surface area contributed by atoms with Crippen LogP contribution in [0.25, 0.3) is 0 Å². The predicted octanol–water partition coefficient (Wildman–Crippen LogP) is 2.91. The van der Waals surface area contributed by atoms with E-state index < -0.39 is 8.32 Å². The Morgan fingerprint density at radius 1 is 1.43 bits per heavy atom. The Bertz CT molecular complexity index is 471. The number of hydrogen-bond acceptors (Lipinski definition) is 5. The van der Waals surface area contributed by atoms with Crippen molar-refractivity contribution in [3.8, 4) is 0 Å². The summed E-state index contributed by atoms with van der Waals surface area (Å²) in [6.45, 7) is 13.5. The van der Waals surface area contributed by atoms with E-state index >= 15 is 0 Å². The van der Waals surface area contributed by atoms with Gasteiger partial charge in [0.2, 0.25) is 11.0 Å². The second kappa shape index (κ2) is 6.86. The van der Waals surface area contributed by atoms with Crippen LogP contribution in [-0.4, -0.2) is 43.5 Å². The normalized spacial score (nSPS) is 29.8. The summed E-state index contributed by atoms with van der Waals surface area (Å²) in [5.74, 6) is -0.284. The first-order valence-electron chi connectivity index (χ1n) is 8.33. The highest BCUT2D eigenvalue weighted by Gasteiger charge is 2.49. The number of ether oxygens (including phenoxy) is 1. The van der Waals surface area contributed by atoms with Gasteiger partial charge in [-0.2, -0.15) is 0 Å². The Morgan fingerprint density at radius 2 is 2.09 bits per heavy atom. The van der Waals surface area contributed by atoms with Crippen LogP contribution in [0.2, 0.25) is 18.1 Å². The molecular formula is C16H29NO4SSi. The van der Waals surface area contributed by atoms with Crippen molar-refractivity contribution in [2.24, 2.45) is 5.92 Å². The third-order valence-corrected chi connectivity index (χ3v) is 10.9. The van der Waals surface area contributed by atoms with Crippen molar-refractivity contribution in [3.05, 3.63) is 0 Å². The third kappa shape index (κ3) is 4.18. The molecule has 0 aromatic rings. The van der Waals surface area contributed by atoms with Gasteiger partial charge in [-0.25, -0.2) is 0 Å². The Balaban J connectivity index is 1.94. The first-order valence-corrected chi connectivity index (χ1v) is 12.1. The number of carbonyl (C=O) groups is 2. The molecule has 2 rings (SSSR count). The van der Waals surface area contributed by atoms with E-state index in [0.29, 0.717) is 6.61 Å². The molecular weight excluding hydrogens is 330 g/mol. The van der Waals surface area contributed by atoms with Crippen LogP contribution in [0, 0.1) is 5.92 Å². The first kappa shape index (κ1) is 19.0. The molecule has 132 valence electrons. The highest BCUT2D eigenvalue weighted by atomic mass is 32.2. The van der Waals surface area contributed by atoms with Crippen molar-refractivity contribution >= 4 is 31.1 Å². The lowest BCUT2D eigenvalue weighted by Crippen LogP contribution is -2.62. The van der Waals surface area contributed by atoms with E-state index in [0.717, 1.165) is 12.8 Å². The van der Waals surface area contributed by atoms with Crippen LogP contribution in [-0.2, 0) is 18.8 Å². The highest BCUT2D eigenvalue weighted by Crippen LogP contribution is 2.40. The fourth-order valence-corrected chi connectivity index (χ4v) is 5.29. The lowest BCUT2D eigenvalue weighted by Gasteiger charge is -2.44. The minimum Gasteiger partial charge on any atom is -0.413 e. The molecule has 2 aliphatic heterocycles. The van der Waals surface area contributed by atoms with E-state index in [-0.39, 0.29) is 39.6 Å². The molecule has 5 nitrogen and oxygen atoms in total. The van der Waals surface area contributed by atoms with Gasteiger partial charge in [-0.15, -0.1) is 0 Å². The number of β-lactam (4-membered cyclic amide) rings is 1. The Kier molecular flexibility index (Phi) is 5.65. The summed E-state index contributed by atoms with van der Waals surface area (Å²) in [6, 6.07) is 0. The zero-order valence-corrected chi connectivity index (χ0v) is 16.8. The van der Waals surface area contributed by atoms with Gasteiger partial charge >= 0.3 is 0 Å². The molecule has 2 unspecified atom stereocenters. The fraction of sp³-hybridized carbons (Fsp3) is 0.875. The maximum absolute atomic E-state index is 12.2. The van der Waals surface area contributed by atoms with Gasteiger partial charge in [0.1, 0.15) is 6.10 Å². The third-order valence-electron chi connectivity index (χ3n) is 5.14. The SMILES string of the molecule is CC(O[Si](C)(C)C(C)(C)C)[C@H]1C(=O)N[C@@H]1SC(=O)C1CCCO1. The number of nitrogens with one attached hydrogen (secondary N) is 1. The van der Waals surface area contributed by atoms with Crippen molar-refractivity contribution in [2.45, 2.75) is 76.3 Å². The van der Waals surface area contributed by atoms with Gasteiger partial charge < -0.3 is 14.5 Å². The van der Waals surface area contributed by atoms with Gasteiger partial charge in [0.15, 0.2) is 8.32 Å². The van der Waals surface area contributed by atoms with Crippen LogP contribution in [0.5, 0.6) is 0 Å². The molecule has 0 radical (unpaired) electrons. The summed E-state index contributed by atoms with van der Waals surface area (Å²) < 4.78 is 11.8. The molecule has 0 aliphatic carbocycles. The van der Waals surface area contributed by atoms with Gasteiger partial charge in [-0.05, 0) is 37.9 Å². The second-order valence-electron chi connectivity index (χ2n) is 7.98. The van der Waals surface area contributed by atoms with Crippen molar-refractivity contribution in [1.82, 2.24) is 5.32 Å². The van der Waals surface area contributed by atoms with Gasteiger partial charge in [0.05, 0.1) is 17.4 Å². The molecule has 0 aromatic carbocycles. The smallest absolute Gasteiger partial charge is 0.229 e. The van der Waals surface area contributed by atoms with Gasteiger partial charge in [-0.1, -0.05) is 32.5 Å². The summed E-state index contributed by atoms with van der Waals surface area (Å²) in [5, 5.41) is 2.76. The fourth-order valence-electron chi connectivity index (χ4n) is 2.61. The van der Waals surface area contributed by atoms with Crippen LogP contribution in [0.15, 0.2) is 0 Å². The Morgan fingerprint density at radius 3 is 2.57 bits per heavy atom. The number of carbonyl (C=O) groups excluding carboxylic acids is 2. The molecule has 0 aromatic heterocycles. The molecule has 2 aliphatic rings. The van der Waals surface area contributed by atoms with E-state index in [2.05, 4.69) is 39.2 Å². The summed E-state index contributed by atoms with van der Waals surface area (Å²) >= 11 is 1.20. The molecule has 0 bridgehead atoms. The largest absolute Gasteiger partial charge is 0.413 e. The molecule has 2 fully saturated rings. The lowest BCUT2D eigenvalue weighted by atomic mass is 9.96. The summed E-state index contributed by atoms with van der Waals surface area (Å²) in [6.07, 6.45) is 1.23. The van der Waals surface area contributed by atoms with Crippen molar-refractivity contribution in [3.63, 3.8) is 0 Å². The molecule has 7 heteroatoms. The molecule has 4 atom stereocenters. The maximum atomic E-state index is 12.2. The number of thioether (sulfide) groups is 1. The topological polar surface area (TPSA) is 64.6 Å². The van der Waals surface area contributed by atoms with E-state index in [1.54, 1.807) is 0 Å². The van der Waals surface area contributed by atoms with Crippen LogP contribution >= 0.6 is 11.8 Å². The average Bonchev–Trinajstić information content (AvgIpc) is 2.89. The highest BCUT2D eigenvalue weighted by molar-refractivity contribution is 8.14. The lowest BCUT2D eigenvalue weighted by molar-refractivity contribution is -0.136. The van der Waals surface area contributed by atoms with Crippen molar-refractivity contribution in [1.29, 1.82) is 0 Å². The zero-order valence-electron chi connectivity index (χ0n) is 15.0. The minimum absolute atomic E-state index is 0.0196. The molecule has 1 N–H and O–H groups in total. The molecule has 0 saturated carbocycles. The Labute approximate surface area is 144 Å². The van der Waals surface area contributed by atoms with E-state index in [4.69, 9.17) is 9.16 Å². The summed E-state index contributed by atoms with van der Waals surface area (Å²) in [4.78, 5) is 24.2. The van der Waals surface area contributed by atoms with Gasteiger partial charge in [0, 0.05) is 6.61 Å². The van der Waals surface area contributed by atoms with Crippen LogP contribution in [0.1, 0.15) is 40.5 Å². The zero-order chi connectivity index (χ0) is 17.4. The first-order chi connectivity index (χ1) is 10.5. The Hall–Kier alpha value is -0.373. The standard InChI is InChI=1S/C16H29NO4SSi/c1-10(21-23(5,6)16(2,3)4)12-13(18)17-14(12)22-15(19)11-8-7-9-20-11/h10-12,14H,7-9H2,1-6H3,(H,17,18)/t10?,11?,12-,14+/m0/s1. The van der Waals surface area contributed by atoms with Crippen LogP contribution < -0.4 is 5.32 Å². The number of amides is 1.